The van der Waals surface area contributed by atoms with Crippen molar-refractivity contribution in [2.75, 3.05) is 11.9 Å². The average molecular weight is 347 g/mol. The van der Waals surface area contributed by atoms with Crippen LogP contribution in [-0.4, -0.2) is 25.9 Å². The summed E-state index contributed by atoms with van der Waals surface area (Å²) in [5.41, 5.74) is 1.51. The van der Waals surface area contributed by atoms with E-state index in [4.69, 9.17) is 0 Å². The van der Waals surface area contributed by atoms with Gasteiger partial charge in [0.25, 0.3) is 5.56 Å². The van der Waals surface area contributed by atoms with Crippen molar-refractivity contribution in [3.8, 4) is 0 Å². The minimum absolute atomic E-state index is 0.0692. The molecule has 0 aliphatic carbocycles. The van der Waals surface area contributed by atoms with Crippen molar-refractivity contribution in [3.63, 3.8) is 0 Å². The summed E-state index contributed by atoms with van der Waals surface area (Å²) in [7, 11) is -0.509. The predicted octanol–water partition coefficient (Wildman–Crippen LogP) is 0.383. The molecule has 8 heteroatoms. The summed E-state index contributed by atoms with van der Waals surface area (Å²) in [5, 5.41) is 0. The summed E-state index contributed by atoms with van der Waals surface area (Å²) in [6.45, 7) is -0.0915. The first-order chi connectivity index (χ1) is 11.3. The summed E-state index contributed by atoms with van der Waals surface area (Å²) in [6.07, 6.45) is 1.79. The summed E-state index contributed by atoms with van der Waals surface area (Å²) in [5.74, 6) is -0.0692. The van der Waals surface area contributed by atoms with E-state index in [-0.39, 0.29) is 29.3 Å². The Morgan fingerprint density at radius 1 is 1.17 bits per heavy atom. The molecule has 126 valence electrons. The topological polar surface area (TPSA) is 88.5 Å². The molecule has 7 nitrogen and oxygen atoms in total. The number of hydrogen-bond donors (Lipinski definition) is 1. The van der Waals surface area contributed by atoms with Gasteiger partial charge in [-0.05, 0) is 29.8 Å². The number of carbonyl (C=O) groups excluding carboxylic acids is 1. The van der Waals surface area contributed by atoms with Crippen LogP contribution < -0.4 is 15.2 Å². The fourth-order valence-corrected chi connectivity index (χ4v) is 3.71. The van der Waals surface area contributed by atoms with Gasteiger partial charge in [-0.15, -0.1) is 0 Å². The number of aromatic nitrogens is 1. The minimum Gasteiger partial charge on any atom is -0.318 e. The van der Waals surface area contributed by atoms with E-state index in [9.17, 15) is 18.0 Å². The lowest BCUT2D eigenvalue weighted by Crippen LogP contribution is -2.29. The van der Waals surface area contributed by atoms with Gasteiger partial charge in [0.15, 0.2) is 0 Å². The zero-order valence-corrected chi connectivity index (χ0v) is 14.1. The Balaban J connectivity index is 1.84. The van der Waals surface area contributed by atoms with Crippen LogP contribution in [0.3, 0.4) is 0 Å². The van der Waals surface area contributed by atoms with E-state index in [0.29, 0.717) is 11.1 Å². The van der Waals surface area contributed by atoms with Crippen molar-refractivity contribution in [2.24, 2.45) is 7.05 Å². The molecule has 0 radical (unpaired) electrons. The summed E-state index contributed by atoms with van der Waals surface area (Å²) in [4.78, 5) is 25.2. The van der Waals surface area contributed by atoms with Crippen LogP contribution in [0.25, 0.3) is 0 Å². The summed E-state index contributed by atoms with van der Waals surface area (Å²) >= 11 is 0. The maximum atomic E-state index is 12.4. The van der Waals surface area contributed by atoms with Crippen LogP contribution >= 0.6 is 0 Å². The first kappa shape index (κ1) is 16.4. The molecular formula is C16H17N3O4S. The monoisotopic (exact) mass is 347 g/mol. The average Bonchev–Trinajstić information content (AvgIpc) is 2.83. The highest BCUT2D eigenvalue weighted by atomic mass is 32.2. The minimum atomic E-state index is -3.77. The maximum absolute atomic E-state index is 12.4. The van der Waals surface area contributed by atoms with Gasteiger partial charge in [-0.25, -0.2) is 13.1 Å². The number of nitrogens with zero attached hydrogens (tertiary/aromatic N) is 2. The zero-order valence-electron chi connectivity index (χ0n) is 13.3. The lowest BCUT2D eigenvalue weighted by atomic mass is 10.2. The molecule has 1 amide bonds. The van der Waals surface area contributed by atoms with E-state index in [0.717, 1.165) is 5.69 Å². The van der Waals surface area contributed by atoms with Gasteiger partial charge < -0.3 is 9.47 Å². The zero-order chi connectivity index (χ0) is 17.5. The fourth-order valence-electron chi connectivity index (χ4n) is 2.66. The first-order valence-electron chi connectivity index (χ1n) is 7.33. The Morgan fingerprint density at radius 3 is 2.67 bits per heavy atom. The number of amides is 1. The van der Waals surface area contributed by atoms with Crippen LogP contribution in [0.1, 0.15) is 11.1 Å². The van der Waals surface area contributed by atoms with Gasteiger partial charge >= 0.3 is 0 Å². The van der Waals surface area contributed by atoms with Gasteiger partial charge in [0, 0.05) is 38.1 Å². The van der Waals surface area contributed by atoms with E-state index < -0.39 is 10.0 Å². The van der Waals surface area contributed by atoms with Crippen molar-refractivity contribution in [2.45, 2.75) is 17.9 Å². The Labute approximate surface area is 139 Å². The third-order valence-electron chi connectivity index (χ3n) is 4.09. The molecule has 1 aromatic carbocycles. The number of hydrogen-bond acceptors (Lipinski definition) is 4. The van der Waals surface area contributed by atoms with E-state index in [1.165, 1.54) is 21.6 Å². The smallest absolute Gasteiger partial charge is 0.254 e. The number of sulfonamides is 1. The SMILES string of the molecule is CN1C(=O)Cc2cc(S(=O)(=O)NCc3cccn(C)c3=O)ccc21. The van der Waals surface area contributed by atoms with Crippen molar-refractivity contribution in [3.05, 3.63) is 58.0 Å². The Bertz CT molecular complexity index is 979. The second kappa shape index (κ2) is 5.88. The molecule has 2 heterocycles. The van der Waals surface area contributed by atoms with Crippen LogP contribution in [-0.2, 0) is 34.8 Å². The van der Waals surface area contributed by atoms with Gasteiger partial charge in [-0.3, -0.25) is 9.59 Å². The van der Waals surface area contributed by atoms with Crippen molar-refractivity contribution in [1.82, 2.24) is 9.29 Å². The third kappa shape index (κ3) is 2.85. The Morgan fingerprint density at radius 2 is 1.92 bits per heavy atom. The molecule has 3 rings (SSSR count). The number of likely N-dealkylation sites (N-methyl/N-ethyl adjacent to an activating group) is 1. The molecule has 0 bridgehead atoms. The number of nitrogens with one attached hydrogen (secondary N) is 1. The normalized spacial score (nSPS) is 14.1. The van der Waals surface area contributed by atoms with Crippen LogP contribution in [0.5, 0.6) is 0 Å². The van der Waals surface area contributed by atoms with Crippen molar-refractivity contribution < 1.29 is 13.2 Å². The Hall–Kier alpha value is -2.45. The number of aryl methyl sites for hydroxylation is 1. The van der Waals surface area contributed by atoms with Crippen LogP contribution in [0.4, 0.5) is 5.69 Å². The molecule has 24 heavy (non-hydrogen) atoms. The number of rotatable bonds is 4. The molecule has 1 aromatic heterocycles. The second-order valence-electron chi connectivity index (χ2n) is 5.69. The molecule has 0 saturated carbocycles. The molecule has 0 fully saturated rings. The van der Waals surface area contributed by atoms with E-state index in [1.807, 2.05) is 0 Å². The lowest BCUT2D eigenvalue weighted by Gasteiger charge is -2.11. The lowest BCUT2D eigenvalue weighted by molar-refractivity contribution is -0.117. The number of pyridine rings is 1. The maximum Gasteiger partial charge on any atom is 0.254 e. The molecule has 0 unspecified atom stereocenters. The number of anilines is 1. The molecule has 2 aromatic rings. The van der Waals surface area contributed by atoms with Crippen LogP contribution in [0.15, 0.2) is 46.2 Å². The summed E-state index contributed by atoms with van der Waals surface area (Å²) in [6, 6.07) is 7.85. The van der Waals surface area contributed by atoms with Gasteiger partial charge in [0.05, 0.1) is 11.3 Å². The molecular weight excluding hydrogens is 330 g/mol. The highest BCUT2D eigenvalue weighted by molar-refractivity contribution is 7.89. The van der Waals surface area contributed by atoms with E-state index in [2.05, 4.69) is 4.72 Å². The molecule has 0 spiro atoms. The molecule has 0 atom stereocenters. The quantitative estimate of drug-likeness (QED) is 0.866. The highest BCUT2D eigenvalue weighted by Crippen LogP contribution is 2.29. The number of fused-ring (bicyclic) bond motifs is 1. The Kier molecular flexibility index (Phi) is 4.02. The van der Waals surface area contributed by atoms with Crippen molar-refractivity contribution in [1.29, 1.82) is 0 Å². The van der Waals surface area contributed by atoms with E-state index in [1.54, 1.807) is 38.5 Å². The first-order valence-corrected chi connectivity index (χ1v) is 8.81. The van der Waals surface area contributed by atoms with Gasteiger partial charge in [0.2, 0.25) is 15.9 Å². The molecule has 1 aliphatic heterocycles. The standard InChI is InChI=1S/C16H17N3O4S/c1-18-7-3-4-11(16(18)21)10-17-24(22,23)13-5-6-14-12(8-13)9-15(20)19(14)2/h3-8,17H,9-10H2,1-2H3. The van der Waals surface area contributed by atoms with Gasteiger partial charge in [-0.2, -0.15) is 0 Å². The molecule has 0 saturated heterocycles. The van der Waals surface area contributed by atoms with Gasteiger partial charge in [0.1, 0.15) is 0 Å². The fraction of sp³-hybridized carbons (Fsp3) is 0.250. The number of benzene rings is 1. The molecule has 1 N–H and O–H groups in total. The largest absolute Gasteiger partial charge is 0.318 e. The summed E-state index contributed by atoms with van der Waals surface area (Å²) < 4.78 is 28.7. The third-order valence-corrected chi connectivity index (χ3v) is 5.49. The molecule has 1 aliphatic rings. The highest BCUT2D eigenvalue weighted by Gasteiger charge is 2.26. The predicted molar refractivity (Wildman–Crippen MR) is 89.3 cm³/mol. The van der Waals surface area contributed by atoms with Crippen molar-refractivity contribution >= 4 is 21.6 Å². The van der Waals surface area contributed by atoms with E-state index >= 15 is 0 Å². The van der Waals surface area contributed by atoms with Crippen LogP contribution in [0.2, 0.25) is 0 Å². The van der Waals surface area contributed by atoms with Crippen LogP contribution in [0, 0.1) is 0 Å². The second-order valence-corrected chi connectivity index (χ2v) is 7.46. The number of carbonyl (C=O) groups is 1. The van der Waals surface area contributed by atoms with Gasteiger partial charge in [-0.1, -0.05) is 6.07 Å².